The van der Waals surface area contributed by atoms with Crippen molar-refractivity contribution in [2.24, 2.45) is 0 Å². The van der Waals surface area contributed by atoms with Gasteiger partial charge in [0.25, 0.3) is 0 Å². The van der Waals surface area contributed by atoms with Crippen molar-refractivity contribution in [2.75, 3.05) is 26.2 Å². The Bertz CT molecular complexity index is 425. The molecule has 1 heterocycles. The Morgan fingerprint density at radius 1 is 1.30 bits per heavy atom. The lowest BCUT2D eigenvalue weighted by Gasteiger charge is -2.43. The van der Waals surface area contributed by atoms with Gasteiger partial charge in [0, 0.05) is 50.4 Å². The van der Waals surface area contributed by atoms with E-state index in [1.54, 1.807) is 6.07 Å². The molecule has 1 aromatic carbocycles. The van der Waals surface area contributed by atoms with E-state index in [1.165, 1.54) is 6.07 Å². The normalized spacial score (nSPS) is 21.6. The number of piperazine rings is 1. The molecule has 2 rings (SSSR count). The van der Waals surface area contributed by atoms with E-state index in [-0.39, 0.29) is 12.4 Å². The van der Waals surface area contributed by atoms with Crippen LogP contribution in [0.2, 0.25) is 0 Å². The fourth-order valence-electron chi connectivity index (χ4n) is 2.86. The van der Waals surface area contributed by atoms with Gasteiger partial charge in [0.05, 0.1) is 0 Å². The van der Waals surface area contributed by atoms with Gasteiger partial charge < -0.3 is 5.11 Å². The van der Waals surface area contributed by atoms with E-state index in [0.29, 0.717) is 18.6 Å². The molecular formula is C16H25FN2O. The van der Waals surface area contributed by atoms with Crippen molar-refractivity contribution in [3.05, 3.63) is 35.6 Å². The molecular weight excluding hydrogens is 255 g/mol. The molecule has 0 bridgehead atoms. The quantitative estimate of drug-likeness (QED) is 0.895. The summed E-state index contributed by atoms with van der Waals surface area (Å²) in [7, 11) is 0. The van der Waals surface area contributed by atoms with E-state index in [1.807, 2.05) is 12.1 Å². The summed E-state index contributed by atoms with van der Waals surface area (Å²) < 4.78 is 13.8. The first-order valence-electron chi connectivity index (χ1n) is 7.44. The number of rotatable bonds is 5. The Kier molecular flexibility index (Phi) is 5.52. The molecule has 1 atom stereocenters. The Labute approximate surface area is 121 Å². The zero-order valence-electron chi connectivity index (χ0n) is 12.4. The number of benzene rings is 1. The van der Waals surface area contributed by atoms with Crippen LogP contribution in [0.5, 0.6) is 0 Å². The largest absolute Gasteiger partial charge is 0.396 e. The molecule has 1 aliphatic heterocycles. The summed E-state index contributed by atoms with van der Waals surface area (Å²) in [5.74, 6) is -0.137. The van der Waals surface area contributed by atoms with Crippen molar-refractivity contribution >= 4 is 0 Å². The second kappa shape index (κ2) is 7.16. The fourth-order valence-corrected chi connectivity index (χ4v) is 2.86. The summed E-state index contributed by atoms with van der Waals surface area (Å²) in [6.07, 6.45) is 0.748. The summed E-state index contributed by atoms with van der Waals surface area (Å²) in [6, 6.07) is 7.79. The van der Waals surface area contributed by atoms with Crippen LogP contribution in [0.15, 0.2) is 24.3 Å². The topological polar surface area (TPSA) is 26.7 Å². The maximum absolute atomic E-state index is 13.8. The van der Waals surface area contributed by atoms with Crippen LogP contribution < -0.4 is 0 Å². The van der Waals surface area contributed by atoms with Crippen LogP contribution in [0.3, 0.4) is 0 Å². The van der Waals surface area contributed by atoms with Gasteiger partial charge in [0.2, 0.25) is 0 Å². The predicted molar refractivity (Wildman–Crippen MR) is 79.0 cm³/mol. The van der Waals surface area contributed by atoms with Crippen LogP contribution in [-0.4, -0.2) is 53.2 Å². The third-order valence-electron chi connectivity index (χ3n) is 4.16. The highest BCUT2D eigenvalue weighted by atomic mass is 19.1. The molecule has 0 aliphatic carbocycles. The minimum absolute atomic E-state index is 0.137. The zero-order chi connectivity index (χ0) is 14.5. The number of nitrogens with zero attached hydrogens (tertiary/aromatic N) is 2. The average molecular weight is 280 g/mol. The van der Waals surface area contributed by atoms with E-state index in [0.717, 1.165) is 31.6 Å². The molecule has 1 N–H and O–H groups in total. The molecule has 1 aliphatic rings. The molecule has 1 aromatic rings. The highest BCUT2D eigenvalue weighted by molar-refractivity contribution is 5.17. The van der Waals surface area contributed by atoms with E-state index >= 15 is 0 Å². The maximum atomic E-state index is 13.8. The van der Waals surface area contributed by atoms with Gasteiger partial charge in [0.15, 0.2) is 0 Å². The number of aliphatic hydroxyl groups is 1. The van der Waals surface area contributed by atoms with Crippen LogP contribution in [0.1, 0.15) is 25.8 Å². The smallest absolute Gasteiger partial charge is 0.127 e. The molecule has 0 radical (unpaired) electrons. The minimum Gasteiger partial charge on any atom is -0.396 e. The van der Waals surface area contributed by atoms with Crippen LogP contribution >= 0.6 is 0 Å². The Morgan fingerprint density at radius 3 is 2.70 bits per heavy atom. The van der Waals surface area contributed by atoms with Gasteiger partial charge in [-0.2, -0.15) is 0 Å². The number of aliphatic hydroxyl groups excluding tert-OH is 1. The SMILES string of the molecule is CC(C)N1CCN(Cc2ccccc2F)C(CCO)C1. The second-order valence-corrected chi connectivity index (χ2v) is 5.82. The summed E-state index contributed by atoms with van der Waals surface area (Å²) >= 11 is 0. The zero-order valence-corrected chi connectivity index (χ0v) is 12.4. The molecule has 3 nitrogen and oxygen atoms in total. The lowest BCUT2D eigenvalue weighted by molar-refractivity contribution is 0.0383. The molecule has 4 heteroatoms. The standard InChI is InChI=1S/C16H25FN2O/c1-13(2)18-8-9-19(15(12-18)7-10-20)11-14-5-3-4-6-16(14)17/h3-6,13,15,20H,7-12H2,1-2H3. The van der Waals surface area contributed by atoms with Gasteiger partial charge >= 0.3 is 0 Å². The summed E-state index contributed by atoms with van der Waals surface area (Å²) in [4.78, 5) is 4.73. The van der Waals surface area contributed by atoms with E-state index < -0.39 is 0 Å². The van der Waals surface area contributed by atoms with Gasteiger partial charge in [-0.25, -0.2) is 4.39 Å². The van der Waals surface area contributed by atoms with Crippen molar-refractivity contribution in [2.45, 2.75) is 38.9 Å². The first kappa shape index (κ1) is 15.4. The van der Waals surface area contributed by atoms with Crippen molar-refractivity contribution in [1.29, 1.82) is 0 Å². The van der Waals surface area contributed by atoms with Gasteiger partial charge in [-0.15, -0.1) is 0 Å². The molecule has 112 valence electrons. The fraction of sp³-hybridized carbons (Fsp3) is 0.625. The van der Waals surface area contributed by atoms with Gasteiger partial charge in [0.1, 0.15) is 5.82 Å². The molecule has 0 aromatic heterocycles. The lowest BCUT2D eigenvalue weighted by atomic mass is 10.1. The van der Waals surface area contributed by atoms with Crippen molar-refractivity contribution in [3.63, 3.8) is 0 Å². The van der Waals surface area contributed by atoms with Gasteiger partial charge in [-0.05, 0) is 26.3 Å². The van der Waals surface area contributed by atoms with Crippen molar-refractivity contribution in [3.8, 4) is 0 Å². The average Bonchev–Trinajstić information content (AvgIpc) is 2.43. The summed E-state index contributed by atoms with van der Waals surface area (Å²) in [5.41, 5.74) is 0.744. The number of hydrogen-bond acceptors (Lipinski definition) is 3. The van der Waals surface area contributed by atoms with Crippen molar-refractivity contribution in [1.82, 2.24) is 9.80 Å². The molecule has 0 spiro atoms. The van der Waals surface area contributed by atoms with Crippen molar-refractivity contribution < 1.29 is 9.50 Å². The molecule has 0 amide bonds. The maximum Gasteiger partial charge on any atom is 0.127 e. The highest BCUT2D eigenvalue weighted by Gasteiger charge is 2.28. The number of hydrogen-bond donors (Lipinski definition) is 1. The summed E-state index contributed by atoms with van der Waals surface area (Å²) in [5, 5.41) is 9.26. The van der Waals surface area contributed by atoms with Gasteiger partial charge in [-0.1, -0.05) is 18.2 Å². The predicted octanol–water partition coefficient (Wildman–Crippen LogP) is 2.10. The Morgan fingerprint density at radius 2 is 2.05 bits per heavy atom. The minimum atomic E-state index is -0.137. The molecule has 1 unspecified atom stereocenters. The lowest BCUT2D eigenvalue weighted by Crippen LogP contribution is -2.54. The molecule has 1 saturated heterocycles. The molecule has 1 fully saturated rings. The van der Waals surface area contributed by atoms with Crippen LogP contribution in [-0.2, 0) is 6.54 Å². The van der Waals surface area contributed by atoms with E-state index in [4.69, 9.17) is 0 Å². The van der Waals surface area contributed by atoms with E-state index in [2.05, 4.69) is 23.6 Å². The van der Waals surface area contributed by atoms with Crippen LogP contribution in [0, 0.1) is 5.82 Å². The first-order chi connectivity index (χ1) is 9.61. The summed E-state index contributed by atoms with van der Waals surface area (Å²) in [6.45, 7) is 8.09. The third-order valence-corrected chi connectivity index (χ3v) is 4.16. The second-order valence-electron chi connectivity index (χ2n) is 5.82. The van der Waals surface area contributed by atoms with Crippen LogP contribution in [0.4, 0.5) is 4.39 Å². The van der Waals surface area contributed by atoms with Crippen LogP contribution in [0.25, 0.3) is 0 Å². The molecule has 0 saturated carbocycles. The van der Waals surface area contributed by atoms with E-state index in [9.17, 15) is 9.50 Å². The number of halogens is 1. The Balaban J connectivity index is 2.04. The monoisotopic (exact) mass is 280 g/mol. The first-order valence-corrected chi connectivity index (χ1v) is 7.44. The van der Waals surface area contributed by atoms with Gasteiger partial charge in [-0.3, -0.25) is 9.80 Å². The third kappa shape index (κ3) is 3.78. The Hall–Kier alpha value is -0.970. The molecule has 20 heavy (non-hydrogen) atoms. The highest BCUT2D eigenvalue weighted by Crippen LogP contribution is 2.19.